The Morgan fingerprint density at radius 3 is 2.26 bits per heavy atom. The first-order valence-corrected chi connectivity index (χ1v) is 9.98. The second kappa shape index (κ2) is 8.55. The number of nitrogens with one attached hydrogen (secondary N) is 1. The lowest BCUT2D eigenvalue weighted by Gasteiger charge is -2.35. The van der Waals surface area contributed by atoms with Gasteiger partial charge in [0.1, 0.15) is 5.82 Å². The van der Waals surface area contributed by atoms with Gasteiger partial charge in [-0.1, -0.05) is 12.1 Å². The lowest BCUT2D eigenvalue weighted by atomic mass is 10.1. The molecule has 2 amide bonds. The molecule has 2 aromatic carbocycles. The standard InChI is InChI=1S/C22H21FN4O4/c23-16-7-5-15(6-8-16)21(30)26-13-11-25(12-14-26)19(28)9-10-27-18-4-2-1-3-17(18)20(29)24-22(27)31/h1-8H,9-14H2,(H,24,29,31). The summed E-state index contributed by atoms with van der Waals surface area (Å²) in [5.74, 6) is -0.726. The molecule has 160 valence electrons. The van der Waals surface area contributed by atoms with Crippen LogP contribution in [0.2, 0.25) is 0 Å². The number of carbonyl (C=O) groups excluding carboxylic acids is 2. The number of hydrogen-bond acceptors (Lipinski definition) is 4. The molecule has 1 saturated heterocycles. The number of benzene rings is 2. The average Bonchev–Trinajstić information content (AvgIpc) is 2.79. The fourth-order valence-electron chi connectivity index (χ4n) is 3.76. The van der Waals surface area contributed by atoms with Crippen molar-refractivity contribution in [1.82, 2.24) is 19.4 Å². The Bertz CT molecular complexity index is 1240. The zero-order chi connectivity index (χ0) is 22.0. The monoisotopic (exact) mass is 424 g/mol. The molecule has 0 bridgehead atoms. The van der Waals surface area contributed by atoms with Crippen LogP contribution in [0.3, 0.4) is 0 Å². The van der Waals surface area contributed by atoms with Gasteiger partial charge in [-0.25, -0.2) is 9.18 Å². The Kier molecular flexibility index (Phi) is 5.66. The molecule has 1 aliphatic heterocycles. The highest BCUT2D eigenvalue weighted by Crippen LogP contribution is 2.12. The second-order valence-electron chi connectivity index (χ2n) is 7.36. The molecule has 0 radical (unpaired) electrons. The van der Waals surface area contributed by atoms with Crippen LogP contribution < -0.4 is 11.2 Å². The number of fused-ring (bicyclic) bond motifs is 1. The first-order valence-electron chi connectivity index (χ1n) is 9.98. The van der Waals surface area contributed by atoms with E-state index in [1.165, 1.54) is 28.8 Å². The summed E-state index contributed by atoms with van der Waals surface area (Å²) in [5, 5.41) is 0.391. The number of amides is 2. The summed E-state index contributed by atoms with van der Waals surface area (Å²) < 4.78 is 14.4. The molecule has 1 aromatic heterocycles. The van der Waals surface area contributed by atoms with Gasteiger partial charge in [-0.15, -0.1) is 0 Å². The summed E-state index contributed by atoms with van der Waals surface area (Å²) in [6.07, 6.45) is 0.0991. The van der Waals surface area contributed by atoms with E-state index in [2.05, 4.69) is 4.98 Å². The Morgan fingerprint density at radius 1 is 0.903 bits per heavy atom. The third-order valence-electron chi connectivity index (χ3n) is 5.47. The number of para-hydroxylation sites is 1. The van der Waals surface area contributed by atoms with Crippen LogP contribution >= 0.6 is 0 Å². The van der Waals surface area contributed by atoms with Crippen molar-refractivity contribution in [1.29, 1.82) is 0 Å². The van der Waals surface area contributed by atoms with E-state index >= 15 is 0 Å². The van der Waals surface area contributed by atoms with E-state index < -0.39 is 17.1 Å². The molecule has 0 saturated carbocycles. The minimum Gasteiger partial charge on any atom is -0.339 e. The molecular formula is C22H21FN4O4. The van der Waals surface area contributed by atoms with Crippen molar-refractivity contribution in [2.45, 2.75) is 13.0 Å². The zero-order valence-corrected chi connectivity index (χ0v) is 16.7. The fraction of sp³-hybridized carbons (Fsp3) is 0.273. The van der Waals surface area contributed by atoms with Gasteiger partial charge in [0.25, 0.3) is 11.5 Å². The van der Waals surface area contributed by atoms with E-state index in [0.29, 0.717) is 42.6 Å². The summed E-state index contributed by atoms with van der Waals surface area (Å²) in [7, 11) is 0. The van der Waals surface area contributed by atoms with E-state index in [1.54, 1.807) is 34.1 Å². The van der Waals surface area contributed by atoms with Gasteiger partial charge in [0.15, 0.2) is 0 Å². The molecule has 1 aliphatic rings. The Labute approximate surface area is 176 Å². The van der Waals surface area contributed by atoms with E-state index in [4.69, 9.17) is 0 Å². The highest BCUT2D eigenvalue weighted by Gasteiger charge is 2.25. The second-order valence-corrected chi connectivity index (χ2v) is 7.36. The minimum absolute atomic E-state index is 0.0991. The predicted octanol–water partition coefficient (Wildman–Crippen LogP) is 1.20. The van der Waals surface area contributed by atoms with Gasteiger partial charge in [0, 0.05) is 44.7 Å². The number of piperazine rings is 1. The lowest BCUT2D eigenvalue weighted by Crippen LogP contribution is -2.50. The van der Waals surface area contributed by atoms with Gasteiger partial charge < -0.3 is 9.80 Å². The third kappa shape index (κ3) is 4.25. The summed E-state index contributed by atoms with van der Waals surface area (Å²) in [4.78, 5) is 54.9. The first-order chi connectivity index (χ1) is 14.9. The van der Waals surface area contributed by atoms with E-state index in [0.717, 1.165) is 0 Å². The van der Waals surface area contributed by atoms with Crippen molar-refractivity contribution in [3.63, 3.8) is 0 Å². The number of aryl methyl sites for hydroxylation is 1. The number of aromatic nitrogens is 2. The van der Waals surface area contributed by atoms with E-state index in [9.17, 15) is 23.6 Å². The third-order valence-corrected chi connectivity index (χ3v) is 5.47. The largest absolute Gasteiger partial charge is 0.339 e. The number of hydrogen-bond donors (Lipinski definition) is 1. The van der Waals surface area contributed by atoms with Crippen molar-refractivity contribution in [3.8, 4) is 0 Å². The highest BCUT2D eigenvalue weighted by molar-refractivity contribution is 5.94. The minimum atomic E-state index is -0.550. The van der Waals surface area contributed by atoms with Crippen LogP contribution in [0.5, 0.6) is 0 Å². The van der Waals surface area contributed by atoms with Crippen LogP contribution in [-0.4, -0.2) is 57.3 Å². The molecule has 2 heterocycles. The Balaban J connectivity index is 1.38. The maximum atomic E-state index is 13.1. The van der Waals surface area contributed by atoms with Gasteiger partial charge in [-0.05, 0) is 36.4 Å². The quantitative estimate of drug-likeness (QED) is 0.681. The van der Waals surface area contributed by atoms with Crippen LogP contribution in [0.15, 0.2) is 58.1 Å². The van der Waals surface area contributed by atoms with Gasteiger partial charge in [0.05, 0.1) is 10.9 Å². The molecule has 0 atom stereocenters. The molecule has 4 rings (SSSR count). The zero-order valence-electron chi connectivity index (χ0n) is 16.7. The maximum Gasteiger partial charge on any atom is 0.328 e. The lowest BCUT2D eigenvalue weighted by molar-refractivity contribution is -0.132. The van der Waals surface area contributed by atoms with Crippen molar-refractivity contribution in [2.24, 2.45) is 0 Å². The SMILES string of the molecule is O=C(CCn1c(=O)[nH]c(=O)c2ccccc21)N1CCN(C(=O)c2ccc(F)cc2)CC1. The number of aromatic amines is 1. The van der Waals surface area contributed by atoms with Crippen molar-refractivity contribution in [3.05, 3.63) is 80.7 Å². The summed E-state index contributed by atoms with van der Waals surface area (Å²) >= 11 is 0. The maximum absolute atomic E-state index is 13.1. The Morgan fingerprint density at radius 2 is 1.55 bits per heavy atom. The smallest absolute Gasteiger partial charge is 0.328 e. The van der Waals surface area contributed by atoms with Crippen molar-refractivity contribution >= 4 is 22.7 Å². The molecule has 31 heavy (non-hydrogen) atoms. The Hall–Kier alpha value is -3.75. The van der Waals surface area contributed by atoms with Crippen LogP contribution in [0, 0.1) is 5.82 Å². The average molecular weight is 424 g/mol. The molecule has 1 N–H and O–H groups in total. The van der Waals surface area contributed by atoms with Crippen LogP contribution in [0.4, 0.5) is 4.39 Å². The summed E-state index contributed by atoms with van der Waals surface area (Å²) in [6.45, 7) is 1.66. The molecule has 9 heteroatoms. The number of H-pyrrole nitrogens is 1. The first kappa shape index (κ1) is 20.5. The van der Waals surface area contributed by atoms with Gasteiger partial charge >= 0.3 is 5.69 Å². The number of halogens is 1. The van der Waals surface area contributed by atoms with E-state index in [-0.39, 0.29) is 24.8 Å². The molecule has 3 aromatic rings. The van der Waals surface area contributed by atoms with Gasteiger partial charge in [0.2, 0.25) is 5.91 Å². The predicted molar refractivity (Wildman–Crippen MR) is 112 cm³/mol. The van der Waals surface area contributed by atoms with Crippen LogP contribution in [0.25, 0.3) is 10.9 Å². The molecule has 0 unspecified atom stereocenters. The summed E-state index contributed by atoms with van der Waals surface area (Å²) in [6, 6.07) is 12.1. The van der Waals surface area contributed by atoms with Gasteiger partial charge in [-0.2, -0.15) is 0 Å². The number of rotatable bonds is 4. The molecular weight excluding hydrogens is 403 g/mol. The normalized spacial score (nSPS) is 14.1. The number of nitrogens with zero attached hydrogens (tertiary/aromatic N) is 3. The molecule has 0 aliphatic carbocycles. The molecule has 0 spiro atoms. The summed E-state index contributed by atoms with van der Waals surface area (Å²) in [5.41, 5.74) is -0.111. The molecule has 8 nitrogen and oxygen atoms in total. The molecule has 1 fully saturated rings. The van der Waals surface area contributed by atoms with Crippen LogP contribution in [0.1, 0.15) is 16.8 Å². The topological polar surface area (TPSA) is 95.5 Å². The van der Waals surface area contributed by atoms with Crippen LogP contribution in [-0.2, 0) is 11.3 Å². The highest BCUT2D eigenvalue weighted by atomic mass is 19.1. The van der Waals surface area contributed by atoms with E-state index in [1.807, 2.05) is 0 Å². The number of carbonyl (C=O) groups is 2. The fourth-order valence-corrected chi connectivity index (χ4v) is 3.76. The van der Waals surface area contributed by atoms with Crippen molar-refractivity contribution in [2.75, 3.05) is 26.2 Å². The van der Waals surface area contributed by atoms with Gasteiger partial charge in [-0.3, -0.25) is 23.9 Å². The van der Waals surface area contributed by atoms with Crippen molar-refractivity contribution < 1.29 is 14.0 Å².